The second kappa shape index (κ2) is 7.21. The van der Waals surface area contributed by atoms with Crippen LogP contribution in [-0.2, 0) is 9.59 Å². The van der Waals surface area contributed by atoms with Crippen LogP contribution in [0, 0.1) is 5.41 Å². The molecule has 0 aliphatic heterocycles. The summed E-state index contributed by atoms with van der Waals surface area (Å²) in [6.07, 6.45) is 2.73. The number of amides is 2. The van der Waals surface area contributed by atoms with Crippen molar-refractivity contribution in [2.24, 2.45) is 5.41 Å². The fourth-order valence-electron chi connectivity index (χ4n) is 2.50. The first-order valence-electron chi connectivity index (χ1n) is 8.18. The minimum Gasteiger partial charge on any atom is -0.457 e. The number of ether oxygens (including phenoxy) is 1. The van der Waals surface area contributed by atoms with E-state index in [4.69, 9.17) is 4.74 Å². The molecule has 25 heavy (non-hydrogen) atoms. The summed E-state index contributed by atoms with van der Waals surface area (Å²) in [6, 6.07) is 16.5. The number of hydrogen-bond donors (Lipinski definition) is 2. The van der Waals surface area contributed by atoms with E-state index in [1.165, 1.54) is 0 Å². The molecule has 0 atom stereocenters. The highest BCUT2D eigenvalue weighted by Crippen LogP contribution is 2.46. The molecule has 0 spiro atoms. The zero-order valence-corrected chi connectivity index (χ0v) is 13.8. The second-order valence-corrected chi connectivity index (χ2v) is 5.97. The number of rotatable bonds is 7. The fourth-order valence-corrected chi connectivity index (χ4v) is 2.50. The van der Waals surface area contributed by atoms with Crippen LogP contribution < -0.4 is 15.4 Å². The third-order valence-corrected chi connectivity index (χ3v) is 4.12. The van der Waals surface area contributed by atoms with E-state index in [0.717, 1.165) is 5.75 Å². The van der Waals surface area contributed by atoms with E-state index in [2.05, 4.69) is 17.2 Å². The third-order valence-electron chi connectivity index (χ3n) is 4.12. The molecule has 0 saturated heterocycles. The lowest BCUT2D eigenvalue weighted by atomic mass is 10.1. The predicted octanol–water partition coefficient (Wildman–Crippen LogP) is 3.50. The van der Waals surface area contributed by atoms with Crippen LogP contribution in [-0.4, -0.2) is 18.4 Å². The summed E-state index contributed by atoms with van der Waals surface area (Å²) >= 11 is 0. The smallest absolute Gasteiger partial charge is 0.240 e. The van der Waals surface area contributed by atoms with Gasteiger partial charge in [0.15, 0.2) is 0 Å². The summed E-state index contributed by atoms with van der Waals surface area (Å²) in [5.41, 5.74) is -0.310. The lowest BCUT2D eigenvalue weighted by molar-refractivity contribution is -0.134. The Balaban J connectivity index is 1.60. The molecule has 0 bridgehead atoms. The zero-order valence-electron chi connectivity index (χ0n) is 13.8. The molecule has 1 aliphatic rings. The molecule has 1 fully saturated rings. The maximum atomic E-state index is 12.4. The summed E-state index contributed by atoms with van der Waals surface area (Å²) in [6.45, 7) is 3.92. The second-order valence-electron chi connectivity index (χ2n) is 5.97. The number of carbonyl (C=O) groups is 2. The summed E-state index contributed by atoms with van der Waals surface area (Å²) in [5.74, 6) is 0.906. The first kappa shape index (κ1) is 16.8. The van der Waals surface area contributed by atoms with E-state index >= 15 is 0 Å². The Morgan fingerprint density at radius 1 is 1.00 bits per heavy atom. The van der Waals surface area contributed by atoms with Crippen LogP contribution in [0.4, 0.5) is 5.69 Å². The first-order valence-corrected chi connectivity index (χ1v) is 8.18. The molecule has 5 heteroatoms. The van der Waals surface area contributed by atoms with Crippen LogP contribution in [0.25, 0.3) is 0 Å². The molecule has 2 aromatic carbocycles. The van der Waals surface area contributed by atoms with Crippen LogP contribution >= 0.6 is 0 Å². The maximum Gasteiger partial charge on any atom is 0.240 e. The third kappa shape index (κ3) is 3.88. The van der Waals surface area contributed by atoms with Crippen LogP contribution in [0.5, 0.6) is 11.5 Å². The van der Waals surface area contributed by atoms with Crippen LogP contribution in [0.15, 0.2) is 67.3 Å². The number of anilines is 1. The highest BCUT2D eigenvalue weighted by molar-refractivity contribution is 6.13. The number of para-hydroxylation sites is 1. The normalized spacial score (nSPS) is 14.2. The molecule has 0 radical (unpaired) electrons. The Morgan fingerprint density at radius 2 is 1.64 bits per heavy atom. The van der Waals surface area contributed by atoms with Gasteiger partial charge in [-0.25, -0.2) is 0 Å². The molecular formula is C20H20N2O3. The van der Waals surface area contributed by atoms with E-state index in [1.54, 1.807) is 30.3 Å². The van der Waals surface area contributed by atoms with Crippen molar-refractivity contribution in [3.05, 3.63) is 67.3 Å². The van der Waals surface area contributed by atoms with Gasteiger partial charge in [0, 0.05) is 12.2 Å². The van der Waals surface area contributed by atoms with Crippen molar-refractivity contribution in [3.63, 3.8) is 0 Å². The Hall–Kier alpha value is -3.08. The molecule has 1 aliphatic carbocycles. The standard InChI is InChI=1S/C20H20N2O3/c1-2-14-21-18(23)20(12-13-20)19(24)22-15-8-10-17(11-9-15)25-16-6-4-3-5-7-16/h2-11H,1,12-14H2,(H,21,23)(H,22,24). The number of hydrogen-bond acceptors (Lipinski definition) is 3. The SMILES string of the molecule is C=CCNC(=O)C1(C(=O)Nc2ccc(Oc3ccccc3)cc2)CC1. The zero-order chi connectivity index (χ0) is 17.7. The first-order chi connectivity index (χ1) is 12.1. The average molecular weight is 336 g/mol. The average Bonchev–Trinajstić information content (AvgIpc) is 3.44. The highest BCUT2D eigenvalue weighted by Gasteiger charge is 2.56. The van der Waals surface area contributed by atoms with Crippen LogP contribution in [0.3, 0.4) is 0 Å². The molecule has 0 unspecified atom stereocenters. The van der Waals surface area contributed by atoms with Gasteiger partial charge in [-0.15, -0.1) is 6.58 Å². The van der Waals surface area contributed by atoms with Gasteiger partial charge < -0.3 is 15.4 Å². The number of nitrogens with one attached hydrogen (secondary N) is 2. The Kier molecular flexibility index (Phi) is 4.84. The summed E-state index contributed by atoms with van der Waals surface area (Å²) < 4.78 is 5.71. The molecule has 1 saturated carbocycles. The van der Waals surface area contributed by atoms with E-state index in [-0.39, 0.29) is 11.8 Å². The van der Waals surface area contributed by atoms with E-state index < -0.39 is 5.41 Å². The van der Waals surface area contributed by atoms with Crippen molar-refractivity contribution in [3.8, 4) is 11.5 Å². The van der Waals surface area contributed by atoms with Gasteiger partial charge >= 0.3 is 0 Å². The summed E-state index contributed by atoms with van der Waals surface area (Å²) in [4.78, 5) is 24.6. The van der Waals surface area contributed by atoms with E-state index in [1.807, 2.05) is 30.3 Å². The van der Waals surface area contributed by atoms with Crippen molar-refractivity contribution >= 4 is 17.5 Å². The maximum absolute atomic E-state index is 12.4. The molecule has 128 valence electrons. The largest absolute Gasteiger partial charge is 0.457 e. The van der Waals surface area contributed by atoms with Crippen molar-refractivity contribution in [2.75, 3.05) is 11.9 Å². The lowest BCUT2D eigenvalue weighted by Gasteiger charge is -2.15. The molecule has 3 rings (SSSR count). The van der Waals surface area contributed by atoms with Gasteiger partial charge in [-0.1, -0.05) is 24.3 Å². The predicted molar refractivity (Wildman–Crippen MR) is 96.5 cm³/mol. The number of carbonyl (C=O) groups excluding carboxylic acids is 2. The molecular weight excluding hydrogens is 316 g/mol. The fraction of sp³-hybridized carbons (Fsp3) is 0.200. The van der Waals surface area contributed by atoms with Crippen LogP contribution in [0.2, 0.25) is 0 Å². The summed E-state index contributed by atoms with van der Waals surface area (Å²) in [7, 11) is 0. The molecule has 2 N–H and O–H groups in total. The van der Waals surface area contributed by atoms with Gasteiger partial charge in [0.2, 0.25) is 11.8 Å². The monoisotopic (exact) mass is 336 g/mol. The molecule has 0 aromatic heterocycles. The van der Waals surface area contributed by atoms with E-state index in [0.29, 0.717) is 30.8 Å². The molecule has 0 heterocycles. The van der Waals surface area contributed by atoms with Crippen molar-refractivity contribution in [2.45, 2.75) is 12.8 Å². The van der Waals surface area contributed by atoms with Crippen molar-refractivity contribution < 1.29 is 14.3 Å². The van der Waals surface area contributed by atoms with Crippen LogP contribution in [0.1, 0.15) is 12.8 Å². The van der Waals surface area contributed by atoms with Crippen molar-refractivity contribution in [1.82, 2.24) is 5.32 Å². The Morgan fingerprint density at radius 3 is 2.24 bits per heavy atom. The molecule has 2 amide bonds. The topological polar surface area (TPSA) is 67.4 Å². The number of benzene rings is 2. The van der Waals surface area contributed by atoms with Gasteiger partial charge in [-0.2, -0.15) is 0 Å². The van der Waals surface area contributed by atoms with Crippen molar-refractivity contribution in [1.29, 1.82) is 0 Å². The van der Waals surface area contributed by atoms with Gasteiger partial charge in [0.05, 0.1) is 0 Å². The lowest BCUT2D eigenvalue weighted by Crippen LogP contribution is -2.40. The summed E-state index contributed by atoms with van der Waals surface area (Å²) in [5, 5.41) is 5.51. The Labute approximate surface area is 146 Å². The minimum atomic E-state index is -0.942. The minimum absolute atomic E-state index is 0.242. The van der Waals surface area contributed by atoms with Gasteiger partial charge in [0.25, 0.3) is 0 Å². The molecule has 2 aromatic rings. The molecule has 5 nitrogen and oxygen atoms in total. The quantitative estimate of drug-likeness (QED) is 0.601. The van der Waals surface area contributed by atoms with Gasteiger partial charge in [-0.3, -0.25) is 9.59 Å². The van der Waals surface area contributed by atoms with Gasteiger partial charge in [-0.05, 0) is 49.2 Å². The highest BCUT2D eigenvalue weighted by atomic mass is 16.5. The Bertz CT molecular complexity index is 765. The van der Waals surface area contributed by atoms with Gasteiger partial charge in [0.1, 0.15) is 16.9 Å². The van der Waals surface area contributed by atoms with E-state index in [9.17, 15) is 9.59 Å².